The predicted molar refractivity (Wildman–Crippen MR) is 144 cm³/mol. The van der Waals surface area contributed by atoms with Gasteiger partial charge >= 0.3 is 0 Å². The van der Waals surface area contributed by atoms with Crippen molar-refractivity contribution in [1.82, 2.24) is 25.0 Å². The SMILES string of the molecule is COc1ccc(CN(Cc2ccc(OC)cc2OC)c2ncnc3c2nnn3[C@@H]2CCCC[C@H]2F)c(OC)c1. The summed E-state index contributed by atoms with van der Waals surface area (Å²) in [4.78, 5) is 11.2. The van der Waals surface area contributed by atoms with Crippen LogP contribution in [0.25, 0.3) is 11.2 Å². The van der Waals surface area contributed by atoms with Crippen LogP contribution in [0.4, 0.5) is 10.2 Å². The van der Waals surface area contributed by atoms with Crippen molar-refractivity contribution in [3.63, 3.8) is 0 Å². The van der Waals surface area contributed by atoms with Crippen molar-refractivity contribution in [3.05, 3.63) is 53.9 Å². The van der Waals surface area contributed by atoms with E-state index in [1.807, 2.05) is 36.4 Å². The van der Waals surface area contributed by atoms with Gasteiger partial charge in [0.05, 0.1) is 34.5 Å². The highest BCUT2D eigenvalue weighted by Gasteiger charge is 2.30. The normalized spacial score (nSPS) is 17.2. The molecule has 0 saturated heterocycles. The first kappa shape index (κ1) is 26.5. The van der Waals surface area contributed by atoms with E-state index in [-0.39, 0.29) is 6.04 Å². The summed E-state index contributed by atoms with van der Waals surface area (Å²) in [6, 6.07) is 11.0. The monoisotopic (exact) mass is 536 g/mol. The number of hydrogen-bond acceptors (Lipinski definition) is 9. The van der Waals surface area contributed by atoms with Gasteiger partial charge in [0.25, 0.3) is 0 Å². The number of rotatable bonds is 10. The van der Waals surface area contributed by atoms with Crippen LogP contribution in [0.1, 0.15) is 42.9 Å². The Morgan fingerprint density at radius 2 is 1.46 bits per heavy atom. The van der Waals surface area contributed by atoms with Crippen LogP contribution in [0.3, 0.4) is 0 Å². The van der Waals surface area contributed by atoms with E-state index in [4.69, 9.17) is 18.9 Å². The molecule has 0 amide bonds. The molecule has 206 valence electrons. The molecule has 1 saturated carbocycles. The van der Waals surface area contributed by atoms with Crippen LogP contribution in [0.15, 0.2) is 42.7 Å². The van der Waals surface area contributed by atoms with E-state index in [0.29, 0.717) is 65.9 Å². The number of halogens is 1. The molecule has 0 aliphatic heterocycles. The second-order valence-electron chi connectivity index (χ2n) is 9.48. The van der Waals surface area contributed by atoms with Gasteiger partial charge in [0, 0.05) is 36.3 Å². The van der Waals surface area contributed by atoms with E-state index in [2.05, 4.69) is 25.2 Å². The van der Waals surface area contributed by atoms with Gasteiger partial charge in [-0.25, -0.2) is 19.0 Å². The summed E-state index contributed by atoms with van der Waals surface area (Å²) in [5, 5.41) is 8.80. The quantitative estimate of drug-likeness (QED) is 0.280. The molecule has 0 spiro atoms. The second-order valence-corrected chi connectivity index (χ2v) is 9.48. The van der Waals surface area contributed by atoms with Crippen LogP contribution in [0, 0.1) is 0 Å². The molecule has 4 aromatic rings. The molecule has 1 fully saturated rings. The fourth-order valence-corrected chi connectivity index (χ4v) is 5.13. The highest BCUT2D eigenvalue weighted by molar-refractivity contribution is 5.82. The molecule has 11 heteroatoms. The van der Waals surface area contributed by atoms with E-state index in [1.54, 1.807) is 33.1 Å². The molecule has 0 bridgehead atoms. The number of hydrogen-bond donors (Lipinski definition) is 0. The largest absolute Gasteiger partial charge is 0.497 e. The summed E-state index contributed by atoms with van der Waals surface area (Å²) in [5.74, 6) is 3.32. The minimum absolute atomic E-state index is 0.386. The number of fused-ring (bicyclic) bond motifs is 1. The maximum absolute atomic E-state index is 14.9. The van der Waals surface area contributed by atoms with E-state index < -0.39 is 6.17 Å². The Morgan fingerprint density at radius 3 is 2.03 bits per heavy atom. The van der Waals surface area contributed by atoms with Crippen molar-refractivity contribution < 1.29 is 23.3 Å². The van der Waals surface area contributed by atoms with Gasteiger partial charge in [0.15, 0.2) is 17.0 Å². The summed E-state index contributed by atoms with van der Waals surface area (Å²) in [7, 11) is 6.49. The van der Waals surface area contributed by atoms with Gasteiger partial charge in [0.1, 0.15) is 35.5 Å². The third kappa shape index (κ3) is 5.39. The van der Waals surface area contributed by atoms with E-state index >= 15 is 0 Å². The van der Waals surface area contributed by atoms with Crippen LogP contribution in [-0.4, -0.2) is 59.6 Å². The molecule has 10 nitrogen and oxygen atoms in total. The molecule has 1 aliphatic carbocycles. The van der Waals surface area contributed by atoms with Gasteiger partial charge in [-0.15, -0.1) is 5.10 Å². The molecular formula is C28H33FN6O4. The summed E-state index contributed by atoms with van der Waals surface area (Å²) < 4.78 is 38.6. The van der Waals surface area contributed by atoms with Gasteiger partial charge < -0.3 is 23.8 Å². The van der Waals surface area contributed by atoms with Crippen molar-refractivity contribution in [2.75, 3.05) is 33.3 Å². The fraction of sp³-hybridized carbons (Fsp3) is 0.429. The molecule has 39 heavy (non-hydrogen) atoms. The minimum atomic E-state index is -0.981. The van der Waals surface area contributed by atoms with Crippen molar-refractivity contribution in [1.29, 1.82) is 0 Å². The van der Waals surface area contributed by atoms with E-state index in [9.17, 15) is 4.39 Å². The average Bonchev–Trinajstić information content (AvgIpc) is 3.41. The first-order valence-electron chi connectivity index (χ1n) is 12.9. The molecule has 2 aromatic carbocycles. The summed E-state index contributed by atoms with van der Waals surface area (Å²) in [6.07, 6.45) is 3.55. The van der Waals surface area contributed by atoms with Crippen LogP contribution >= 0.6 is 0 Å². The molecule has 2 atom stereocenters. The summed E-state index contributed by atoms with van der Waals surface area (Å²) in [6.45, 7) is 0.854. The number of methoxy groups -OCH3 is 4. The fourth-order valence-electron chi connectivity index (χ4n) is 5.13. The topological polar surface area (TPSA) is 96.7 Å². The van der Waals surface area contributed by atoms with Gasteiger partial charge in [0.2, 0.25) is 0 Å². The number of ether oxygens (including phenoxy) is 4. The molecular weight excluding hydrogens is 503 g/mol. The number of aromatic nitrogens is 5. The number of nitrogens with zero attached hydrogens (tertiary/aromatic N) is 6. The molecule has 0 N–H and O–H groups in total. The zero-order chi connectivity index (χ0) is 27.4. The van der Waals surface area contributed by atoms with Crippen molar-refractivity contribution >= 4 is 17.0 Å². The standard InChI is InChI=1S/C28H33FN6O4/c1-36-20-11-9-18(24(13-20)38-3)15-34(16-19-10-12-21(37-2)14-25(19)39-4)27-26-28(31-17-30-27)35(33-32-26)23-8-6-5-7-22(23)29/h9-14,17,22-23H,5-8,15-16H2,1-4H3/t22-,23-/m1/s1. The Bertz CT molecular complexity index is 1370. The smallest absolute Gasteiger partial charge is 0.184 e. The maximum atomic E-state index is 14.9. The van der Waals surface area contributed by atoms with Crippen molar-refractivity contribution in [3.8, 4) is 23.0 Å². The lowest BCUT2D eigenvalue weighted by atomic mass is 9.94. The zero-order valence-corrected chi connectivity index (χ0v) is 22.6. The van der Waals surface area contributed by atoms with Gasteiger partial charge in [-0.1, -0.05) is 18.1 Å². The Morgan fingerprint density at radius 1 is 0.846 bits per heavy atom. The first-order chi connectivity index (χ1) is 19.1. The van der Waals surface area contributed by atoms with Crippen LogP contribution in [-0.2, 0) is 13.1 Å². The third-order valence-corrected chi connectivity index (χ3v) is 7.21. The number of alkyl halides is 1. The maximum Gasteiger partial charge on any atom is 0.184 e. The number of anilines is 1. The van der Waals surface area contributed by atoms with E-state index in [1.165, 1.54) is 6.33 Å². The van der Waals surface area contributed by atoms with Crippen molar-refractivity contribution in [2.45, 2.75) is 51.0 Å². The Balaban J connectivity index is 1.59. The van der Waals surface area contributed by atoms with E-state index in [0.717, 1.165) is 24.0 Å². The lowest BCUT2D eigenvalue weighted by Gasteiger charge is -2.27. The third-order valence-electron chi connectivity index (χ3n) is 7.21. The molecule has 2 aromatic heterocycles. The first-order valence-corrected chi connectivity index (χ1v) is 12.9. The van der Waals surface area contributed by atoms with Crippen LogP contribution < -0.4 is 23.8 Å². The lowest BCUT2D eigenvalue weighted by Crippen LogP contribution is -2.26. The minimum Gasteiger partial charge on any atom is -0.497 e. The Hall–Kier alpha value is -4.15. The van der Waals surface area contributed by atoms with Crippen molar-refractivity contribution in [2.24, 2.45) is 0 Å². The predicted octanol–water partition coefficient (Wildman–Crippen LogP) is 4.92. The molecule has 0 radical (unpaired) electrons. The Labute approximate surface area is 226 Å². The average molecular weight is 537 g/mol. The Kier molecular flexibility index (Phi) is 7.94. The molecule has 0 unspecified atom stereocenters. The molecule has 5 rings (SSSR count). The van der Waals surface area contributed by atoms with Crippen LogP contribution in [0.5, 0.6) is 23.0 Å². The summed E-state index contributed by atoms with van der Waals surface area (Å²) in [5.41, 5.74) is 2.86. The van der Waals surface area contributed by atoms with Gasteiger partial charge in [-0.3, -0.25) is 0 Å². The highest BCUT2D eigenvalue weighted by atomic mass is 19.1. The molecule has 2 heterocycles. The zero-order valence-electron chi connectivity index (χ0n) is 22.6. The second kappa shape index (κ2) is 11.7. The molecule has 1 aliphatic rings. The van der Waals surface area contributed by atoms with Gasteiger partial charge in [-0.2, -0.15) is 0 Å². The number of benzene rings is 2. The lowest BCUT2D eigenvalue weighted by molar-refractivity contribution is 0.161. The van der Waals surface area contributed by atoms with Crippen LogP contribution in [0.2, 0.25) is 0 Å². The summed E-state index contributed by atoms with van der Waals surface area (Å²) >= 11 is 0. The highest BCUT2D eigenvalue weighted by Crippen LogP contribution is 2.35. The van der Waals surface area contributed by atoms with Gasteiger partial charge in [-0.05, 0) is 37.1 Å².